The van der Waals surface area contributed by atoms with Crippen LogP contribution in [0.1, 0.15) is 10.5 Å². The summed E-state index contributed by atoms with van der Waals surface area (Å²) in [5.41, 5.74) is 0.0140. The number of rotatable bonds is 2. The largest absolute Gasteiger partial charge is 0.476 e. The molecule has 0 saturated heterocycles. The van der Waals surface area contributed by atoms with E-state index in [0.717, 1.165) is 4.88 Å². The molecule has 0 amide bonds. The van der Waals surface area contributed by atoms with E-state index in [2.05, 4.69) is 4.98 Å². The van der Waals surface area contributed by atoms with Gasteiger partial charge in [0.05, 0.1) is 4.88 Å². The SMILES string of the molecule is Cn1c(-c2cccs2)nc(Cl)c1C(=O)O. The van der Waals surface area contributed by atoms with Crippen LogP contribution in [0.2, 0.25) is 5.15 Å². The fourth-order valence-corrected chi connectivity index (χ4v) is 2.36. The molecule has 0 fully saturated rings. The number of halogens is 1. The van der Waals surface area contributed by atoms with E-state index >= 15 is 0 Å². The summed E-state index contributed by atoms with van der Waals surface area (Å²) in [5, 5.41) is 10.8. The summed E-state index contributed by atoms with van der Waals surface area (Å²) >= 11 is 7.24. The first kappa shape index (κ1) is 10.2. The molecular weight excluding hydrogens is 236 g/mol. The van der Waals surface area contributed by atoms with E-state index in [1.54, 1.807) is 7.05 Å². The summed E-state index contributed by atoms with van der Waals surface area (Å²) in [4.78, 5) is 15.8. The van der Waals surface area contributed by atoms with Gasteiger partial charge in [0.15, 0.2) is 16.7 Å². The molecule has 1 N–H and O–H groups in total. The third-order valence-electron chi connectivity index (χ3n) is 2.00. The van der Waals surface area contributed by atoms with Crippen LogP contribution < -0.4 is 0 Å². The van der Waals surface area contributed by atoms with E-state index in [9.17, 15) is 4.79 Å². The maximum atomic E-state index is 10.9. The van der Waals surface area contributed by atoms with Gasteiger partial charge in [-0.25, -0.2) is 9.78 Å². The summed E-state index contributed by atoms with van der Waals surface area (Å²) in [6.45, 7) is 0. The minimum atomic E-state index is -1.07. The Morgan fingerprint density at radius 2 is 2.40 bits per heavy atom. The Bertz CT molecular complexity index is 504. The van der Waals surface area contributed by atoms with Gasteiger partial charge in [0, 0.05) is 7.05 Å². The Labute approximate surface area is 94.8 Å². The number of imidazole rings is 1. The Hall–Kier alpha value is -1.33. The third-order valence-corrected chi connectivity index (χ3v) is 3.13. The van der Waals surface area contributed by atoms with E-state index in [1.165, 1.54) is 15.9 Å². The molecule has 2 rings (SSSR count). The van der Waals surface area contributed by atoms with Gasteiger partial charge in [-0.2, -0.15) is 0 Å². The van der Waals surface area contributed by atoms with Crippen molar-refractivity contribution in [1.82, 2.24) is 9.55 Å². The predicted octanol–water partition coefficient (Wildman–Crippen LogP) is 2.50. The summed E-state index contributed by atoms with van der Waals surface area (Å²) in [7, 11) is 1.64. The zero-order chi connectivity index (χ0) is 11.0. The van der Waals surface area contributed by atoms with Crippen LogP contribution in [0.25, 0.3) is 10.7 Å². The second-order valence-electron chi connectivity index (χ2n) is 2.92. The van der Waals surface area contributed by atoms with Crippen LogP contribution in [0.3, 0.4) is 0 Å². The smallest absolute Gasteiger partial charge is 0.355 e. The van der Waals surface area contributed by atoms with Crippen LogP contribution in [-0.2, 0) is 7.05 Å². The molecule has 78 valence electrons. The first-order chi connectivity index (χ1) is 7.11. The lowest BCUT2D eigenvalue weighted by atomic mass is 10.4. The van der Waals surface area contributed by atoms with Crippen molar-refractivity contribution in [3.8, 4) is 10.7 Å². The number of nitrogens with zero attached hydrogens (tertiary/aromatic N) is 2. The third kappa shape index (κ3) is 1.64. The standard InChI is InChI=1S/C9H7ClN2O2S/c1-12-6(9(13)14)7(10)11-8(12)5-3-2-4-15-5/h2-4H,1H3,(H,13,14). The van der Waals surface area contributed by atoms with Gasteiger partial charge in [-0.05, 0) is 11.4 Å². The van der Waals surface area contributed by atoms with Gasteiger partial charge >= 0.3 is 5.97 Å². The highest BCUT2D eigenvalue weighted by Crippen LogP contribution is 2.27. The van der Waals surface area contributed by atoms with Gasteiger partial charge in [0.1, 0.15) is 0 Å². The molecule has 2 heterocycles. The van der Waals surface area contributed by atoms with E-state index in [4.69, 9.17) is 16.7 Å². The van der Waals surface area contributed by atoms with Crippen molar-refractivity contribution < 1.29 is 9.90 Å². The van der Waals surface area contributed by atoms with Gasteiger partial charge in [0.25, 0.3) is 0 Å². The van der Waals surface area contributed by atoms with Crippen LogP contribution in [0, 0.1) is 0 Å². The van der Waals surface area contributed by atoms with Gasteiger partial charge < -0.3 is 9.67 Å². The molecule has 2 aromatic rings. The fraction of sp³-hybridized carbons (Fsp3) is 0.111. The lowest BCUT2D eigenvalue weighted by Crippen LogP contribution is -2.05. The molecule has 6 heteroatoms. The normalized spacial score (nSPS) is 10.5. The molecule has 2 aromatic heterocycles. The lowest BCUT2D eigenvalue weighted by molar-refractivity contribution is 0.0687. The molecule has 0 aliphatic rings. The minimum Gasteiger partial charge on any atom is -0.476 e. The van der Waals surface area contributed by atoms with Crippen LogP contribution in [-0.4, -0.2) is 20.6 Å². The number of aromatic nitrogens is 2. The quantitative estimate of drug-likeness (QED) is 0.880. The Morgan fingerprint density at radius 3 is 2.87 bits per heavy atom. The Morgan fingerprint density at radius 1 is 1.67 bits per heavy atom. The van der Waals surface area contributed by atoms with Crippen molar-refractivity contribution in [2.75, 3.05) is 0 Å². The molecule has 0 bridgehead atoms. The summed E-state index contributed by atoms with van der Waals surface area (Å²) in [6.07, 6.45) is 0. The van der Waals surface area contributed by atoms with Crippen molar-refractivity contribution in [3.05, 3.63) is 28.4 Å². The van der Waals surface area contributed by atoms with Gasteiger partial charge in [0.2, 0.25) is 0 Å². The average molecular weight is 243 g/mol. The monoisotopic (exact) mass is 242 g/mol. The average Bonchev–Trinajstić information content (AvgIpc) is 2.72. The van der Waals surface area contributed by atoms with E-state index in [-0.39, 0.29) is 10.8 Å². The van der Waals surface area contributed by atoms with E-state index in [1.807, 2.05) is 17.5 Å². The van der Waals surface area contributed by atoms with Crippen LogP contribution in [0.15, 0.2) is 17.5 Å². The van der Waals surface area contributed by atoms with Crippen molar-refractivity contribution in [2.24, 2.45) is 7.05 Å². The van der Waals surface area contributed by atoms with Crippen molar-refractivity contribution in [1.29, 1.82) is 0 Å². The van der Waals surface area contributed by atoms with Gasteiger partial charge in [-0.1, -0.05) is 17.7 Å². The number of hydrogen-bond donors (Lipinski definition) is 1. The summed E-state index contributed by atoms with van der Waals surface area (Å²) < 4.78 is 1.48. The van der Waals surface area contributed by atoms with Crippen molar-refractivity contribution in [3.63, 3.8) is 0 Å². The predicted molar refractivity (Wildman–Crippen MR) is 58.5 cm³/mol. The second kappa shape index (κ2) is 3.67. The molecule has 0 aromatic carbocycles. The molecular formula is C9H7ClN2O2S. The number of carbonyl (C=O) groups is 1. The molecule has 0 aliphatic heterocycles. The molecule has 0 spiro atoms. The zero-order valence-electron chi connectivity index (χ0n) is 7.77. The molecule has 0 saturated carbocycles. The zero-order valence-corrected chi connectivity index (χ0v) is 9.34. The number of carboxylic acid groups (broad SMARTS) is 1. The molecule has 0 aliphatic carbocycles. The van der Waals surface area contributed by atoms with Crippen molar-refractivity contribution >= 4 is 28.9 Å². The molecule has 0 radical (unpaired) electrons. The van der Waals surface area contributed by atoms with E-state index in [0.29, 0.717) is 5.82 Å². The van der Waals surface area contributed by atoms with Crippen molar-refractivity contribution in [2.45, 2.75) is 0 Å². The first-order valence-corrected chi connectivity index (χ1v) is 5.36. The summed E-state index contributed by atoms with van der Waals surface area (Å²) in [5.74, 6) is -0.495. The summed E-state index contributed by atoms with van der Waals surface area (Å²) in [6, 6.07) is 3.75. The van der Waals surface area contributed by atoms with Crippen LogP contribution >= 0.6 is 22.9 Å². The van der Waals surface area contributed by atoms with Gasteiger partial charge in [-0.3, -0.25) is 0 Å². The highest BCUT2D eigenvalue weighted by Gasteiger charge is 2.20. The Balaban J connectivity index is 2.61. The molecule has 0 unspecified atom stereocenters. The number of carboxylic acids is 1. The maximum Gasteiger partial charge on any atom is 0.355 e. The fourth-order valence-electron chi connectivity index (χ4n) is 1.32. The second-order valence-corrected chi connectivity index (χ2v) is 4.22. The maximum absolute atomic E-state index is 10.9. The molecule has 15 heavy (non-hydrogen) atoms. The van der Waals surface area contributed by atoms with Crippen LogP contribution in [0.5, 0.6) is 0 Å². The topological polar surface area (TPSA) is 55.1 Å². The highest BCUT2D eigenvalue weighted by molar-refractivity contribution is 7.13. The minimum absolute atomic E-state index is 0.0140. The number of aromatic carboxylic acids is 1. The first-order valence-electron chi connectivity index (χ1n) is 4.10. The van der Waals surface area contributed by atoms with E-state index < -0.39 is 5.97 Å². The Kier molecular flexibility index (Phi) is 2.50. The van der Waals surface area contributed by atoms with Crippen LogP contribution in [0.4, 0.5) is 0 Å². The van der Waals surface area contributed by atoms with Gasteiger partial charge in [-0.15, -0.1) is 11.3 Å². The molecule has 4 nitrogen and oxygen atoms in total. The molecule has 0 atom stereocenters. The number of hydrogen-bond acceptors (Lipinski definition) is 3. The highest BCUT2D eigenvalue weighted by atomic mass is 35.5. The number of thiophene rings is 1. The lowest BCUT2D eigenvalue weighted by Gasteiger charge is -1.99.